The second-order valence-electron chi connectivity index (χ2n) is 3.72. The molecule has 0 saturated heterocycles. The lowest BCUT2D eigenvalue weighted by molar-refractivity contribution is 0.0696. The average molecular weight is 291 g/mol. The molecule has 0 radical (unpaired) electrons. The summed E-state index contributed by atoms with van der Waals surface area (Å²) in [5, 5.41) is 8.70. The van der Waals surface area contributed by atoms with Crippen LogP contribution >= 0.6 is 0 Å². The van der Waals surface area contributed by atoms with E-state index < -0.39 is 44.1 Å². The van der Waals surface area contributed by atoms with Crippen LogP contribution in [-0.4, -0.2) is 25.5 Å². The Morgan fingerprint density at radius 1 is 1.47 bits per heavy atom. The molecule has 0 spiro atoms. The summed E-state index contributed by atoms with van der Waals surface area (Å²) in [6, 6.07) is 0.243. The van der Waals surface area contributed by atoms with Crippen molar-refractivity contribution in [1.82, 2.24) is 4.72 Å². The fourth-order valence-electron chi connectivity index (χ4n) is 1.24. The zero-order valence-electron chi connectivity index (χ0n) is 9.85. The molecule has 0 aromatic heterocycles. The first kappa shape index (κ1) is 15.3. The molecule has 8 heteroatoms. The molecule has 104 valence electrons. The molecule has 0 saturated carbocycles. The van der Waals surface area contributed by atoms with Crippen molar-refractivity contribution in [2.24, 2.45) is 0 Å². The summed E-state index contributed by atoms with van der Waals surface area (Å²) in [7, 11) is -4.38. The summed E-state index contributed by atoms with van der Waals surface area (Å²) < 4.78 is 52.3. The number of rotatable bonds is 5. The zero-order chi connectivity index (χ0) is 14.8. The monoisotopic (exact) mass is 291 g/mol. The topological polar surface area (TPSA) is 83.5 Å². The first-order valence-corrected chi connectivity index (χ1v) is 6.54. The van der Waals surface area contributed by atoms with Crippen molar-refractivity contribution in [3.63, 3.8) is 0 Å². The number of carboxylic acids is 1. The van der Waals surface area contributed by atoms with Crippen LogP contribution in [0.3, 0.4) is 0 Å². The van der Waals surface area contributed by atoms with Gasteiger partial charge in [-0.1, -0.05) is 6.08 Å². The summed E-state index contributed by atoms with van der Waals surface area (Å²) >= 11 is 0. The van der Waals surface area contributed by atoms with Crippen LogP contribution in [0.1, 0.15) is 17.3 Å². The van der Waals surface area contributed by atoms with Crippen molar-refractivity contribution in [3.05, 3.63) is 42.0 Å². The lowest BCUT2D eigenvalue weighted by Crippen LogP contribution is -2.32. The average Bonchev–Trinajstić information content (AvgIpc) is 2.31. The quantitative estimate of drug-likeness (QED) is 0.806. The maximum atomic E-state index is 13.5. The minimum absolute atomic E-state index is 0.410. The third-order valence-corrected chi connectivity index (χ3v) is 3.78. The molecule has 0 aliphatic rings. The Morgan fingerprint density at radius 3 is 2.53 bits per heavy atom. The molecule has 0 heterocycles. The number of sulfonamides is 1. The Labute approximate surface area is 108 Å². The molecule has 0 fully saturated rings. The van der Waals surface area contributed by atoms with Crippen molar-refractivity contribution in [3.8, 4) is 0 Å². The number of halogens is 2. The van der Waals surface area contributed by atoms with E-state index in [1.165, 1.54) is 13.0 Å². The number of benzene rings is 1. The van der Waals surface area contributed by atoms with Gasteiger partial charge in [-0.15, -0.1) is 6.58 Å². The van der Waals surface area contributed by atoms with Gasteiger partial charge in [-0.05, 0) is 19.1 Å². The molecule has 2 N–H and O–H groups in total. The van der Waals surface area contributed by atoms with E-state index in [0.29, 0.717) is 12.1 Å². The van der Waals surface area contributed by atoms with Gasteiger partial charge in [0.05, 0.1) is 5.56 Å². The van der Waals surface area contributed by atoms with Crippen molar-refractivity contribution in [2.45, 2.75) is 17.9 Å². The Bertz CT molecular complexity index is 628. The van der Waals surface area contributed by atoms with Gasteiger partial charge < -0.3 is 5.11 Å². The van der Waals surface area contributed by atoms with Crippen molar-refractivity contribution >= 4 is 16.0 Å². The molecule has 0 aliphatic heterocycles. The second-order valence-corrected chi connectivity index (χ2v) is 5.40. The lowest BCUT2D eigenvalue weighted by atomic mass is 10.2. The van der Waals surface area contributed by atoms with E-state index in [1.807, 2.05) is 4.72 Å². The van der Waals surface area contributed by atoms with E-state index in [9.17, 15) is 22.0 Å². The molecular formula is C11H11F2NO4S. The maximum Gasteiger partial charge on any atom is 0.335 e. The van der Waals surface area contributed by atoms with Crippen molar-refractivity contribution in [1.29, 1.82) is 0 Å². The Hall–Kier alpha value is -1.80. The number of aromatic carboxylic acids is 1. The van der Waals surface area contributed by atoms with Crippen LogP contribution in [0.2, 0.25) is 0 Å². The molecule has 1 rings (SSSR count). The van der Waals surface area contributed by atoms with Crippen LogP contribution in [-0.2, 0) is 10.0 Å². The van der Waals surface area contributed by atoms with Gasteiger partial charge in [-0.2, -0.15) is 0 Å². The Kier molecular flexibility index (Phi) is 4.38. The number of hydrogen-bond donors (Lipinski definition) is 2. The van der Waals surface area contributed by atoms with Gasteiger partial charge in [0.1, 0.15) is 4.90 Å². The van der Waals surface area contributed by atoms with Gasteiger partial charge in [0.25, 0.3) is 0 Å². The highest BCUT2D eigenvalue weighted by atomic mass is 32.2. The molecule has 1 atom stereocenters. The van der Waals surface area contributed by atoms with Crippen LogP contribution in [0.5, 0.6) is 0 Å². The van der Waals surface area contributed by atoms with Crippen molar-refractivity contribution < 1.29 is 27.1 Å². The number of nitrogens with one attached hydrogen (secondary N) is 1. The summed E-state index contributed by atoms with van der Waals surface area (Å²) in [6.45, 7) is 4.77. The summed E-state index contributed by atoms with van der Waals surface area (Å²) in [4.78, 5) is 9.64. The van der Waals surface area contributed by atoms with E-state index in [2.05, 4.69) is 6.58 Å². The highest BCUT2D eigenvalue weighted by molar-refractivity contribution is 7.89. The van der Waals surface area contributed by atoms with Crippen LogP contribution in [0, 0.1) is 11.6 Å². The van der Waals surface area contributed by atoms with E-state index in [1.54, 1.807) is 0 Å². The van der Waals surface area contributed by atoms with E-state index >= 15 is 0 Å². The molecule has 5 nitrogen and oxygen atoms in total. The van der Waals surface area contributed by atoms with Crippen LogP contribution in [0.15, 0.2) is 29.7 Å². The smallest absolute Gasteiger partial charge is 0.335 e. The third-order valence-electron chi connectivity index (χ3n) is 2.23. The minimum Gasteiger partial charge on any atom is -0.478 e. The standard InChI is InChI=1S/C11H11F2NO4S/c1-3-6(2)14-19(17,18)9-5-7(11(15)16)4-8(12)10(9)13/h3-6,14H,1H2,2H3,(H,15,16). The summed E-state index contributed by atoms with van der Waals surface area (Å²) in [6.07, 6.45) is 1.24. The minimum atomic E-state index is -4.38. The third kappa shape index (κ3) is 3.36. The molecule has 19 heavy (non-hydrogen) atoms. The largest absolute Gasteiger partial charge is 0.478 e. The fraction of sp³-hybridized carbons (Fsp3) is 0.182. The Morgan fingerprint density at radius 2 is 2.05 bits per heavy atom. The molecule has 0 aliphatic carbocycles. The van der Waals surface area contributed by atoms with E-state index in [4.69, 9.17) is 5.11 Å². The van der Waals surface area contributed by atoms with Crippen LogP contribution in [0.25, 0.3) is 0 Å². The first-order valence-electron chi connectivity index (χ1n) is 5.06. The first-order chi connectivity index (χ1) is 8.69. The molecule has 1 aromatic rings. The summed E-state index contributed by atoms with van der Waals surface area (Å²) in [5.74, 6) is -4.74. The maximum absolute atomic E-state index is 13.5. The normalized spacial score (nSPS) is 13.0. The number of carboxylic acid groups (broad SMARTS) is 1. The van der Waals surface area contributed by atoms with E-state index in [0.717, 1.165) is 0 Å². The fourth-order valence-corrected chi connectivity index (χ4v) is 2.57. The zero-order valence-corrected chi connectivity index (χ0v) is 10.7. The SMILES string of the molecule is C=CC(C)NS(=O)(=O)c1cc(C(=O)O)cc(F)c1F. The van der Waals surface area contributed by atoms with Gasteiger partial charge in [0.15, 0.2) is 11.6 Å². The molecule has 0 amide bonds. The predicted octanol–water partition coefficient (Wildman–Crippen LogP) is 1.52. The molecular weight excluding hydrogens is 280 g/mol. The van der Waals surface area contributed by atoms with Crippen LogP contribution in [0.4, 0.5) is 8.78 Å². The van der Waals surface area contributed by atoms with Gasteiger partial charge in [0.2, 0.25) is 10.0 Å². The van der Waals surface area contributed by atoms with Crippen molar-refractivity contribution in [2.75, 3.05) is 0 Å². The summed E-state index contributed by atoms with van der Waals surface area (Å²) in [5.41, 5.74) is -0.662. The highest BCUT2D eigenvalue weighted by Gasteiger charge is 2.25. The van der Waals surface area contributed by atoms with Gasteiger partial charge >= 0.3 is 5.97 Å². The van der Waals surface area contributed by atoms with E-state index in [-0.39, 0.29) is 0 Å². The lowest BCUT2D eigenvalue weighted by Gasteiger charge is -2.11. The highest BCUT2D eigenvalue weighted by Crippen LogP contribution is 2.20. The van der Waals surface area contributed by atoms with Crippen LogP contribution < -0.4 is 4.72 Å². The number of hydrogen-bond acceptors (Lipinski definition) is 3. The van der Waals surface area contributed by atoms with Gasteiger partial charge in [-0.3, -0.25) is 0 Å². The second kappa shape index (κ2) is 5.45. The molecule has 1 unspecified atom stereocenters. The molecule has 0 bridgehead atoms. The Balaban J connectivity index is 3.41. The van der Waals surface area contributed by atoms with Gasteiger partial charge in [-0.25, -0.2) is 26.7 Å². The number of carbonyl (C=O) groups is 1. The molecule has 1 aromatic carbocycles. The van der Waals surface area contributed by atoms with Gasteiger partial charge in [0, 0.05) is 6.04 Å². The predicted molar refractivity (Wildman–Crippen MR) is 63.3 cm³/mol.